The Labute approximate surface area is 142 Å². The summed E-state index contributed by atoms with van der Waals surface area (Å²) < 4.78 is 32.2. The molecular weight excluding hydrogens is 326 g/mol. The third-order valence-corrected chi connectivity index (χ3v) is 6.11. The zero-order valence-corrected chi connectivity index (χ0v) is 14.7. The summed E-state index contributed by atoms with van der Waals surface area (Å²) in [6.45, 7) is 3.26. The average molecular weight is 347 g/mol. The van der Waals surface area contributed by atoms with Gasteiger partial charge in [-0.2, -0.15) is 4.31 Å². The molecule has 0 N–H and O–H groups in total. The standard InChI is InChI=1S/C17H21N3O3S/c1-13-8-10-20(11-9-13)24(21,22)17-5-3-4-15(19-17)14-6-7-16(23-2)18-12-14/h3-7,12-13H,8-11H2,1-2H3. The zero-order valence-electron chi connectivity index (χ0n) is 13.8. The normalized spacial score (nSPS) is 16.9. The first kappa shape index (κ1) is 16.9. The minimum absolute atomic E-state index is 0.0883. The number of nitrogens with zero attached hydrogens (tertiary/aromatic N) is 3. The van der Waals surface area contributed by atoms with Gasteiger partial charge in [0.25, 0.3) is 10.0 Å². The Morgan fingerprint density at radius 3 is 2.54 bits per heavy atom. The predicted molar refractivity (Wildman–Crippen MR) is 91.2 cm³/mol. The molecular formula is C17H21N3O3S. The van der Waals surface area contributed by atoms with E-state index in [9.17, 15) is 8.42 Å². The van der Waals surface area contributed by atoms with Gasteiger partial charge in [0.05, 0.1) is 12.8 Å². The van der Waals surface area contributed by atoms with Crippen LogP contribution in [0.4, 0.5) is 0 Å². The molecule has 1 aliphatic rings. The molecule has 0 amide bonds. The Morgan fingerprint density at radius 1 is 1.17 bits per heavy atom. The van der Waals surface area contributed by atoms with Crippen molar-refractivity contribution < 1.29 is 13.2 Å². The summed E-state index contributed by atoms with van der Waals surface area (Å²) in [6.07, 6.45) is 3.41. The van der Waals surface area contributed by atoms with Gasteiger partial charge in [-0.05, 0) is 37.0 Å². The van der Waals surface area contributed by atoms with Gasteiger partial charge in [0, 0.05) is 30.9 Å². The lowest BCUT2D eigenvalue weighted by molar-refractivity contribution is 0.287. The monoisotopic (exact) mass is 347 g/mol. The number of piperidine rings is 1. The zero-order chi connectivity index (χ0) is 17.2. The van der Waals surface area contributed by atoms with Gasteiger partial charge in [-0.25, -0.2) is 18.4 Å². The molecule has 2 aromatic rings. The predicted octanol–water partition coefficient (Wildman–Crippen LogP) is 2.57. The number of sulfonamides is 1. The number of aromatic nitrogens is 2. The first-order chi connectivity index (χ1) is 11.5. The molecule has 24 heavy (non-hydrogen) atoms. The van der Waals surface area contributed by atoms with E-state index in [1.807, 2.05) is 6.07 Å². The van der Waals surface area contributed by atoms with Crippen molar-refractivity contribution in [1.29, 1.82) is 0 Å². The van der Waals surface area contributed by atoms with Crippen LogP contribution in [0.25, 0.3) is 11.3 Å². The van der Waals surface area contributed by atoms with Crippen LogP contribution in [0.1, 0.15) is 19.8 Å². The fraction of sp³-hybridized carbons (Fsp3) is 0.412. The minimum Gasteiger partial charge on any atom is -0.481 e. The molecule has 0 atom stereocenters. The Balaban J connectivity index is 1.89. The molecule has 0 radical (unpaired) electrons. The summed E-state index contributed by atoms with van der Waals surface area (Å²) in [7, 11) is -2.00. The van der Waals surface area contributed by atoms with Crippen LogP contribution in [-0.2, 0) is 10.0 Å². The van der Waals surface area contributed by atoms with Crippen molar-refractivity contribution in [3.63, 3.8) is 0 Å². The maximum absolute atomic E-state index is 12.8. The molecule has 0 bridgehead atoms. The first-order valence-corrected chi connectivity index (χ1v) is 9.42. The molecule has 0 unspecified atom stereocenters. The van der Waals surface area contributed by atoms with Crippen molar-refractivity contribution in [2.75, 3.05) is 20.2 Å². The molecule has 2 aromatic heterocycles. The lowest BCUT2D eigenvalue weighted by Crippen LogP contribution is -2.38. The number of rotatable bonds is 4. The summed E-state index contributed by atoms with van der Waals surface area (Å²) in [5.74, 6) is 1.08. The largest absolute Gasteiger partial charge is 0.481 e. The molecule has 3 heterocycles. The highest BCUT2D eigenvalue weighted by Gasteiger charge is 2.29. The van der Waals surface area contributed by atoms with Crippen molar-refractivity contribution in [1.82, 2.24) is 14.3 Å². The van der Waals surface area contributed by atoms with Crippen molar-refractivity contribution in [3.05, 3.63) is 36.5 Å². The van der Waals surface area contributed by atoms with Gasteiger partial charge in [-0.1, -0.05) is 13.0 Å². The summed E-state index contributed by atoms with van der Waals surface area (Å²) in [4.78, 5) is 8.50. The number of hydrogen-bond donors (Lipinski definition) is 0. The van der Waals surface area contributed by atoms with E-state index in [0.717, 1.165) is 18.4 Å². The van der Waals surface area contributed by atoms with Crippen LogP contribution in [0.15, 0.2) is 41.6 Å². The molecule has 128 valence electrons. The van der Waals surface area contributed by atoms with E-state index in [-0.39, 0.29) is 5.03 Å². The topological polar surface area (TPSA) is 72.4 Å². The van der Waals surface area contributed by atoms with E-state index in [2.05, 4.69) is 16.9 Å². The van der Waals surface area contributed by atoms with Crippen molar-refractivity contribution in [2.45, 2.75) is 24.8 Å². The van der Waals surface area contributed by atoms with Crippen LogP contribution in [0.2, 0.25) is 0 Å². The van der Waals surface area contributed by atoms with Gasteiger partial charge < -0.3 is 4.74 Å². The highest BCUT2D eigenvalue weighted by atomic mass is 32.2. The fourth-order valence-electron chi connectivity index (χ4n) is 2.73. The molecule has 1 saturated heterocycles. The van der Waals surface area contributed by atoms with Crippen LogP contribution in [-0.4, -0.2) is 42.9 Å². The van der Waals surface area contributed by atoms with Crippen LogP contribution < -0.4 is 4.74 Å². The highest BCUT2D eigenvalue weighted by Crippen LogP contribution is 2.25. The third kappa shape index (κ3) is 3.42. The second kappa shape index (κ2) is 6.86. The van der Waals surface area contributed by atoms with Crippen LogP contribution >= 0.6 is 0 Å². The Morgan fingerprint density at radius 2 is 1.92 bits per heavy atom. The molecule has 3 rings (SSSR count). The van der Waals surface area contributed by atoms with E-state index in [1.54, 1.807) is 37.6 Å². The van der Waals surface area contributed by atoms with Gasteiger partial charge in [0.1, 0.15) is 0 Å². The van der Waals surface area contributed by atoms with Crippen LogP contribution in [0, 0.1) is 5.92 Å². The van der Waals surface area contributed by atoms with E-state index >= 15 is 0 Å². The number of methoxy groups -OCH3 is 1. The van der Waals surface area contributed by atoms with Gasteiger partial charge in [-0.15, -0.1) is 0 Å². The van der Waals surface area contributed by atoms with Gasteiger partial charge in [0.15, 0.2) is 5.03 Å². The smallest absolute Gasteiger partial charge is 0.260 e. The molecule has 0 aromatic carbocycles. The maximum atomic E-state index is 12.8. The fourth-order valence-corrected chi connectivity index (χ4v) is 4.15. The second-order valence-corrected chi connectivity index (χ2v) is 7.92. The van der Waals surface area contributed by atoms with E-state index in [0.29, 0.717) is 30.6 Å². The van der Waals surface area contributed by atoms with E-state index in [4.69, 9.17) is 4.74 Å². The molecule has 7 heteroatoms. The minimum atomic E-state index is -3.55. The Hall–Kier alpha value is -1.99. The molecule has 0 spiro atoms. The first-order valence-electron chi connectivity index (χ1n) is 7.98. The van der Waals surface area contributed by atoms with E-state index in [1.165, 1.54) is 4.31 Å². The summed E-state index contributed by atoms with van der Waals surface area (Å²) in [6, 6.07) is 8.58. The Bertz CT molecular complexity index is 798. The van der Waals surface area contributed by atoms with Crippen LogP contribution in [0.5, 0.6) is 5.88 Å². The summed E-state index contributed by atoms with van der Waals surface area (Å²) in [5, 5.41) is 0.0883. The van der Waals surface area contributed by atoms with Crippen molar-refractivity contribution in [2.24, 2.45) is 5.92 Å². The van der Waals surface area contributed by atoms with Gasteiger partial charge >= 0.3 is 0 Å². The quantitative estimate of drug-likeness (QED) is 0.850. The van der Waals surface area contributed by atoms with Crippen LogP contribution in [0.3, 0.4) is 0 Å². The van der Waals surface area contributed by atoms with Crippen molar-refractivity contribution >= 4 is 10.0 Å². The lowest BCUT2D eigenvalue weighted by atomic mass is 10.0. The van der Waals surface area contributed by atoms with Gasteiger partial charge in [0.2, 0.25) is 5.88 Å². The number of hydrogen-bond acceptors (Lipinski definition) is 5. The third-order valence-electron chi connectivity index (χ3n) is 4.31. The SMILES string of the molecule is COc1ccc(-c2cccc(S(=O)(=O)N3CCC(C)CC3)n2)cn1. The summed E-state index contributed by atoms with van der Waals surface area (Å²) in [5.41, 5.74) is 1.33. The summed E-state index contributed by atoms with van der Waals surface area (Å²) >= 11 is 0. The number of pyridine rings is 2. The molecule has 0 saturated carbocycles. The lowest BCUT2D eigenvalue weighted by Gasteiger charge is -2.29. The Kier molecular flexibility index (Phi) is 4.82. The highest BCUT2D eigenvalue weighted by molar-refractivity contribution is 7.89. The van der Waals surface area contributed by atoms with Crippen molar-refractivity contribution in [3.8, 4) is 17.1 Å². The van der Waals surface area contributed by atoms with E-state index < -0.39 is 10.0 Å². The molecule has 1 fully saturated rings. The maximum Gasteiger partial charge on any atom is 0.260 e. The molecule has 6 nitrogen and oxygen atoms in total. The average Bonchev–Trinajstić information content (AvgIpc) is 2.62. The molecule has 0 aliphatic carbocycles. The second-order valence-electron chi connectivity index (χ2n) is 6.04. The molecule has 1 aliphatic heterocycles. The number of ether oxygens (including phenoxy) is 1. The van der Waals surface area contributed by atoms with Gasteiger partial charge in [-0.3, -0.25) is 0 Å².